The summed E-state index contributed by atoms with van der Waals surface area (Å²) in [6.07, 6.45) is -4.32. The van der Waals surface area contributed by atoms with Gasteiger partial charge in [0.25, 0.3) is 0 Å². The molecule has 0 fully saturated rings. The molecule has 1 aromatic rings. The van der Waals surface area contributed by atoms with E-state index in [0.717, 1.165) is 6.07 Å². The van der Waals surface area contributed by atoms with Gasteiger partial charge in [0.1, 0.15) is 0 Å². The van der Waals surface area contributed by atoms with Gasteiger partial charge in [0.15, 0.2) is 0 Å². The van der Waals surface area contributed by atoms with E-state index in [0.29, 0.717) is 3.57 Å². The zero-order valence-corrected chi connectivity index (χ0v) is 8.90. The maximum absolute atomic E-state index is 12.3. The van der Waals surface area contributed by atoms with Gasteiger partial charge in [-0.2, -0.15) is 13.2 Å². The minimum atomic E-state index is -4.32. The number of alkyl halides is 3. The fraction of sp³-hybridized carbons (Fsp3) is 0.250. The minimum absolute atomic E-state index is 0.0907. The van der Waals surface area contributed by atoms with Crippen molar-refractivity contribution in [2.75, 3.05) is 5.73 Å². The molecule has 0 atom stereocenters. The topological polar surface area (TPSA) is 26.0 Å². The first-order valence-corrected chi connectivity index (χ1v) is 4.53. The lowest BCUT2D eigenvalue weighted by Gasteiger charge is -2.12. The molecule has 0 radical (unpaired) electrons. The SMILES string of the molecule is Cc1c(N)cc(I)cc1C(F)(F)F. The minimum Gasteiger partial charge on any atom is -0.398 e. The number of hydrogen-bond acceptors (Lipinski definition) is 1. The second kappa shape index (κ2) is 3.36. The molecule has 0 unspecified atom stereocenters. The van der Waals surface area contributed by atoms with Gasteiger partial charge in [-0.15, -0.1) is 0 Å². The maximum atomic E-state index is 12.3. The van der Waals surface area contributed by atoms with Gasteiger partial charge in [-0.3, -0.25) is 0 Å². The fourth-order valence-electron chi connectivity index (χ4n) is 0.995. The number of anilines is 1. The van der Waals surface area contributed by atoms with Crippen LogP contribution in [0, 0.1) is 10.5 Å². The quantitative estimate of drug-likeness (QED) is 0.578. The molecule has 0 aromatic heterocycles. The number of rotatable bonds is 0. The van der Waals surface area contributed by atoms with Crippen LogP contribution in [0.1, 0.15) is 11.1 Å². The third-order valence-electron chi connectivity index (χ3n) is 1.72. The van der Waals surface area contributed by atoms with E-state index in [4.69, 9.17) is 5.73 Å². The van der Waals surface area contributed by atoms with Crippen LogP contribution in [-0.4, -0.2) is 0 Å². The summed E-state index contributed by atoms with van der Waals surface area (Å²) in [6.45, 7) is 1.37. The van der Waals surface area contributed by atoms with Crippen molar-refractivity contribution in [3.05, 3.63) is 26.8 Å². The van der Waals surface area contributed by atoms with Crippen molar-refractivity contribution in [1.29, 1.82) is 0 Å². The molecule has 0 spiro atoms. The van der Waals surface area contributed by atoms with Gasteiger partial charge in [-0.25, -0.2) is 0 Å². The van der Waals surface area contributed by atoms with Crippen LogP contribution < -0.4 is 5.73 Å². The Morgan fingerprint density at radius 3 is 2.31 bits per heavy atom. The summed E-state index contributed by atoms with van der Waals surface area (Å²) in [7, 11) is 0. The lowest BCUT2D eigenvalue weighted by Crippen LogP contribution is -2.09. The van der Waals surface area contributed by atoms with Crippen molar-refractivity contribution in [3.63, 3.8) is 0 Å². The predicted octanol–water partition coefficient (Wildman–Crippen LogP) is 3.20. The molecule has 72 valence electrons. The molecule has 0 aliphatic rings. The van der Waals surface area contributed by atoms with E-state index in [1.807, 2.05) is 22.6 Å². The average molecular weight is 301 g/mol. The van der Waals surface area contributed by atoms with Crippen LogP contribution in [-0.2, 0) is 6.18 Å². The molecule has 0 heterocycles. The first-order valence-electron chi connectivity index (χ1n) is 3.45. The van der Waals surface area contributed by atoms with Crippen molar-refractivity contribution >= 4 is 28.3 Å². The van der Waals surface area contributed by atoms with Gasteiger partial charge < -0.3 is 5.73 Å². The fourth-order valence-corrected chi connectivity index (χ4v) is 1.64. The largest absolute Gasteiger partial charge is 0.416 e. The lowest BCUT2D eigenvalue weighted by atomic mass is 10.1. The van der Waals surface area contributed by atoms with Gasteiger partial charge in [0, 0.05) is 9.26 Å². The predicted molar refractivity (Wildman–Crippen MR) is 53.3 cm³/mol. The number of benzene rings is 1. The highest BCUT2D eigenvalue weighted by atomic mass is 127. The van der Waals surface area contributed by atoms with E-state index in [2.05, 4.69) is 0 Å². The Balaban J connectivity index is 3.37. The molecular formula is C8H7F3IN. The maximum Gasteiger partial charge on any atom is 0.416 e. The van der Waals surface area contributed by atoms with Crippen molar-refractivity contribution in [2.24, 2.45) is 0 Å². The number of nitrogen functional groups attached to an aromatic ring is 1. The lowest BCUT2D eigenvalue weighted by molar-refractivity contribution is -0.138. The van der Waals surface area contributed by atoms with Gasteiger partial charge in [-0.05, 0) is 47.2 Å². The van der Waals surface area contributed by atoms with E-state index in [1.54, 1.807) is 0 Å². The first kappa shape index (κ1) is 10.6. The molecule has 1 nitrogen and oxygen atoms in total. The van der Waals surface area contributed by atoms with Crippen LogP contribution >= 0.6 is 22.6 Å². The summed E-state index contributed by atoms with van der Waals surface area (Å²) in [4.78, 5) is 0. The van der Waals surface area contributed by atoms with E-state index in [9.17, 15) is 13.2 Å². The molecule has 0 aliphatic carbocycles. The summed E-state index contributed by atoms with van der Waals surface area (Å²) in [5.74, 6) is 0. The summed E-state index contributed by atoms with van der Waals surface area (Å²) in [5.41, 5.74) is 5.03. The molecule has 13 heavy (non-hydrogen) atoms. The van der Waals surface area contributed by atoms with Crippen molar-refractivity contribution in [1.82, 2.24) is 0 Å². The highest BCUT2D eigenvalue weighted by Gasteiger charge is 2.33. The van der Waals surface area contributed by atoms with E-state index in [1.165, 1.54) is 13.0 Å². The average Bonchev–Trinajstić information content (AvgIpc) is 1.94. The van der Waals surface area contributed by atoms with Crippen molar-refractivity contribution < 1.29 is 13.2 Å². The Morgan fingerprint density at radius 2 is 1.85 bits per heavy atom. The standard InChI is InChI=1S/C8H7F3IN/c1-4-6(8(9,10)11)2-5(12)3-7(4)13/h2-3H,13H2,1H3. The molecule has 5 heteroatoms. The summed E-state index contributed by atoms with van der Waals surface area (Å²) < 4.78 is 37.5. The third kappa shape index (κ3) is 2.26. The van der Waals surface area contributed by atoms with Gasteiger partial charge >= 0.3 is 6.18 Å². The van der Waals surface area contributed by atoms with Gasteiger partial charge in [0.05, 0.1) is 5.56 Å². The highest BCUT2D eigenvalue weighted by Crippen LogP contribution is 2.34. The van der Waals surface area contributed by atoms with Crippen LogP contribution in [0.3, 0.4) is 0 Å². The smallest absolute Gasteiger partial charge is 0.398 e. The monoisotopic (exact) mass is 301 g/mol. The van der Waals surface area contributed by atoms with Crippen LogP contribution in [0.5, 0.6) is 0 Å². The van der Waals surface area contributed by atoms with Crippen LogP contribution in [0.15, 0.2) is 12.1 Å². The molecular weight excluding hydrogens is 294 g/mol. The van der Waals surface area contributed by atoms with Crippen molar-refractivity contribution in [2.45, 2.75) is 13.1 Å². The zero-order chi connectivity index (χ0) is 10.2. The highest BCUT2D eigenvalue weighted by molar-refractivity contribution is 14.1. The van der Waals surface area contributed by atoms with Crippen LogP contribution in [0.25, 0.3) is 0 Å². The first-order chi connectivity index (χ1) is 5.82. The van der Waals surface area contributed by atoms with Crippen LogP contribution in [0.4, 0.5) is 18.9 Å². The Labute approximate surface area is 87.3 Å². The Morgan fingerprint density at radius 1 is 1.31 bits per heavy atom. The molecule has 1 aromatic carbocycles. The van der Waals surface area contributed by atoms with E-state index < -0.39 is 11.7 Å². The second-order valence-corrected chi connectivity index (χ2v) is 3.91. The molecule has 0 bridgehead atoms. The number of halogens is 4. The van der Waals surface area contributed by atoms with E-state index in [-0.39, 0.29) is 11.3 Å². The van der Waals surface area contributed by atoms with Gasteiger partial charge in [-0.1, -0.05) is 0 Å². The Kier molecular flexibility index (Phi) is 2.74. The molecule has 2 N–H and O–H groups in total. The molecule has 0 saturated heterocycles. The summed E-state index contributed by atoms with van der Waals surface area (Å²) >= 11 is 1.81. The second-order valence-electron chi connectivity index (χ2n) is 2.67. The summed E-state index contributed by atoms with van der Waals surface area (Å²) in [5, 5.41) is 0. The molecule has 0 saturated carbocycles. The van der Waals surface area contributed by atoms with Crippen LogP contribution in [0.2, 0.25) is 0 Å². The summed E-state index contributed by atoms with van der Waals surface area (Å²) in [6, 6.07) is 2.61. The Hall–Kier alpha value is -0.460. The van der Waals surface area contributed by atoms with E-state index >= 15 is 0 Å². The number of nitrogens with two attached hydrogens (primary N) is 1. The normalized spacial score (nSPS) is 11.8. The molecule has 1 rings (SSSR count). The third-order valence-corrected chi connectivity index (χ3v) is 2.34. The number of hydrogen-bond donors (Lipinski definition) is 1. The zero-order valence-electron chi connectivity index (χ0n) is 6.74. The van der Waals surface area contributed by atoms with Gasteiger partial charge in [0.2, 0.25) is 0 Å². The molecule has 0 amide bonds. The molecule has 0 aliphatic heterocycles. The Bertz CT molecular complexity index is 333. The van der Waals surface area contributed by atoms with Crippen molar-refractivity contribution in [3.8, 4) is 0 Å².